The minimum Gasteiger partial charge on any atom is -0.274 e. The molecule has 4 amide bonds. The van der Waals surface area contributed by atoms with Crippen LogP contribution in [0.25, 0.3) is 0 Å². The third-order valence-electron chi connectivity index (χ3n) is 8.86. The second kappa shape index (κ2) is 9.38. The Kier molecular flexibility index (Phi) is 5.95. The van der Waals surface area contributed by atoms with Crippen molar-refractivity contribution in [2.24, 2.45) is 11.8 Å². The number of carbonyl (C=O) groups is 4. The van der Waals surface area contributed by atoms with Gasteiger partial charge in [-0.05, 0) is 79.1 Å². The van der Waals surface area contributed by atoms with E-state index >= 15 is 0 Å². The van der Waals surface area contributed by atoms with Crippen LogP contribution in [0.2, 0.25) is 10.0 Å². The number of fused-ring (bicyclic) bond motifs is 6. The molecule has 8 heteroatoms. The van der Waals surface area contributed by atoms with Crippen molar-refractivity contribution >= 4 is 58.2 Å². The number of rotatable bonds is 3. The highest BCUT2D eigenvalue weighted by molar-refractivity contribution is 6.34. The summed E-state index contributed by atoms with van der Waals surface area (Å²) in [5.74, 6) is -5.26. The number of nitrogens with zero attached hydrogens (tertiary/aromatic N) is 2. The van der Waals surface area contributed by atoms with Crippen LogP contribution in [0.5, 0.6) is 0 Å². The molecule has 6 nitrogen and oxygen atoms in total. The van der Waals surface area contributed by atoms with E-state index in [1.165, 1.54) is 0 Å². The average molecular weight is 595 g/mol. The van der Waals surface area contributed by atoms with Crippen LogP contribution in [0.4, 0.5) is 11.4 Å². The molecule has 1 aliphatic carbocycles. The van der Waals surface area contributed by atoms with Crippen LogP contribution in [0.1, 0.15) is 33.7 Å². The van der Waals surface area contributed by atoms with Gasteiger partial charge in [-0.2, -0.15) is 0 Å². The summed E-state index contributed by atoms with van der Waals surface area (Å²) in [6, 6.07) is 25.9. The molecule has 0 saturated carbocycles. The molecular formula is C34H24Cl2N2O4. The van der Waals surface area contributed by atoms with Gasteiger partial charge in [-0.1, -0.05) is 76.8 Å². The average Bonchev–Trinajstić information content (AvgIpc) is 3.37. The van der Waals surface area contributed by atoms with E-state index in [9.17, 15) is 19.2 Å². The molecule has 7 rings (SSSR count). The predicted molar refractivity (Wildman–Crippen MR) is 161 cm³/mol. The Hall–Kier alpha value is -4.26. The lowest BCUT2D eigenvalue weighted by atomic mass is 9.55. The van der Waals surface area contributed by atoms with Gasteiger partial charge in [-0.25, -0.2) is 9.80 Å². The molecule has 0 aromatic heterocycles. The largest absolute Gasteiger partial charge is 0.274 e. The Balaban J connectivity index is 1.53. The summed E-state index contributed by atoms with van der Waals surface area (Å²) in [5.41, 5.74) is 2.59. The van der Waals surface area contributed by atoms with Crippen LogP contribution in [-0.2, 0) is 24.6 Å². The summed E-state index contributed by atoms with van der Waals surface area (Å²) in [6.45, 7) is 3.83. The first-order valence-corrected chi connectivity index (χ1v) is 14.4. The highest BCUT2D eigenvalue weighted by Gasteiger charge is 2.72. The Labute approximate surface area is 252 Å². The van der Waals surface area contributed by atoms with E-state index in [0.29, 0.717) is 38.1 Å². The summed E-state index contributed by atoms with van der Waals surface area (Å²) in [5, 5.41) is 0.803. The molecule has 4 aromatic rings. The summed E-state index contributed by atoms with van der Waals surface area (Å²) < 4.78 is 0. The fourth-order valence-electron chi connectivity index (χ4n) is 6.99. The molecule has 42 heavy (non-hydrogen) atoms. The molecule has 0 N–H and O–H groups in total. The van der Waals surface area contributed by atoms with Gasteiger partial charge in [0, 0.05) is 10.0 Å². The van der Waals surface area contributed by atoms with Crippen LogP contribution < -0.4 is 9.80 Å². The van der Waals surface area contributed by atoms with Crippen LogP contribution >= 0.6 is 23.2 Å². The van der Waals surface area contributed by atoms with Crippen molar-refractivity contribution in [3.63, 3.8) is 0 Å². The number of aryl methyl sites for hydroxylation is 2. The normalized spacial score (nSPS) is 24.6. The van der Waals surface area contributed by atoms with Gasteiger partial charge in [-0.3, -0.25) is 19.2 Å². The first-order valence-electron chi connectivity index (χ1n) is 13.6. The zero-order chi connectivity index (χ0) is 29.5. The zero-order valence-corrected chi connectivity index (χ0v) is 24.2. The van der Waals surface area contributed by atoms with Crippen LogP contribution in [0.15, 0.2) is 91.0 Å². The van der Waals surface area contributed by atoms with Gasteiger partial charge in [0.15, 0.2) is 0 Å². The SMILES string of the molecule is Cc1ccc(N2C(=O)[C@H]3[C@@H](C2=O)c2ccc(Cl)cc2[C@@]2(c4ccc(Cl)cc4)C(=O)N(c4ccc(C)cc4)C(=O)[C@@H]32)cc1. The van der Waals surface area contributed by atoms with Gasteiger partial charge < -0.3 is 0 Å². The molecule has 208 valence electrons. The lowest BCUT2D eigenvalue weighted by Gasteiger charge is -2.42. The summed E-state index contributed by atoms with van der Waals surface area (Å²) >= 11 is 12.8. The van der Waals surface area contributed by atoms with E-state index in [1.54, 1.807) is 66.7 Å². The molecule has 2 saturated heterocycles. The third kappa shape index (κ3) is 3.52. The van der Waals surface area contributed by atoms with Gasteiger partial charge in [0.2, 0.25) is 23.6 Å². The second-order valence-electron chi connectivity index (χ2n) is 11.2. The standard InChI is InChI=1S/C34H24Cl2N2O4/c1-18-3-12-23(13-4-18)37-30(39)27-25-16-11-22(36)17-26(25)34(20-7-9-21(35)10-8-20)29(28(27)31(37)40)32(41)38(33(34)42)24-14-5-19(2)6-15-24/h3-17,27-29H,1-2H3/t27-,28-,29+,34+/m0/s1. The fourth-order valence-corrected chi connectivity index (χ4v) is 7.29. The number of benzene rings is 4. The molecule has 4 aromatic carbocycles. The third-order valence-corrected chi connectivity index (χ3v) is 9.35. The lowest BCUT2D eigenvalue weighted by Crippen LogP contribution is -2.50. The van der Waals surface area contributed by atoms with Crippen molar-refractivity contribution < 1.29 is 19.2 Å². The fraction of sp³-hybridized carbons (Fsp3) is 0.176. The molecule has 0 radical (unpaired) electrons. The van der Waals surface area contributed by atoms with Crippen molar-refractivity contribution in [2.45, 2.75) is 25.2 Å². The minimum atomic E-state index is -1.62. The highest BCUT2D eigenvalue weighted by atomic mass is 35.5. The van der Waals surface area contributed by atoms with E-state index < -0.39 is 46.8 Å². The van der Waals surface area contributed by atoms with Crippen LogP contribution in [0, 0.1) is 25.7 Å². The maximum atomic E-state index is 14.9. The van der Waals surface area contributed by atoms with Gasteiger partial charge >= 0.3 is 0 Å². The second-order valence-corrected chi connectivity index (χ2v) is 12.1. The van der Waals surface area contributed by atoms with Crippen molar-refractivity contribution in [2.75, 3.05) is 9.80 Å². The number of hydrogen-bond acceptors (Lipinski definition) is 4. The molecule has 0 unspecified atom stereocenters. The summed E-state index contributed by atoms with van der Waals surface area (Å²) in [6.07, 6.45) is 0. The maximum absolute atomic E-state index is 14.9. The molecule has 2 heterocycles. The van der Waals surface area contributed by atoms with Crippen molar-refractivity contribution in [3.8, 4) is 0 Å². The number of imide groups is 2. The molecule has 2 fully saturated rings. The number of halogens is 2. The van der Waals surface area contributed by atoms with E-state index in [2.05, 4.69) is 0 Å². The van der Waals surface area contributed by atoms with Gasteiger partial charge in [0.1, 0.15) is 5.41 Å². The maximum Gasteiger partial charge on any atom is 0.249 e. The number of amides is 4. The molecule has 4 atom stereocenters. The molecule has 3 aliphatic rings. The van der Waals surface area contributed by atoms with Crippen molar-refractivity contribution in [1.82, 2.24) is 0 Å². The van der Waals surface area contributed by atoms with E-state index in [-0.39, 0.29) is 0 Å². The lowest BCUT2D eigenvalue weighted by molar-refractivity contribution is -0.131. The minimum absolute atomic E-state index is 0.348. The number of hydrogen-bond donors (Lipinski definition) is 0. The van der Waals surface area contributed by atoms with Crippen LogP contribution in [0.3, 0.4) is 0 Å². The molecule has 0 spiro atoms. The van der Waals surface area contributed by atoms with Gasteiger partial charge in [0.05, 0.1) is 29.1 Å². The summed E-state index contributed by atoms with van der Waals surface area (Å²) in [4.78, 5) is 60.4. The first kappa shape index (κ1) is 26.6. The zero-order valence-electron chi connectivity index (χ0n) is 22.7. The number of carbonyl (C=O) groups excluding carboxylic acids is 4. The number of anilines is 2. The quantitative estimate of drug-likeness (QED) is 0.258. The topological polar surface area (TPSA) is 74.8 Å². The Bertz CT molecular complexity index is 1820. The Morgan fingerprint density at radius 3 is 1.76 bits per heavy atom. The Morgan fingerprint density at radius 2 is 1.17 bits per heavy atom. The van der Waals surface area contributed by atoms with E-state index in [4.69, 9.17) is 23.2 Å². The van der Waals surface area contributed by atoms with Crippen LogP contribution in [-0.4, -0.2) is 23.6 Å². The predicted octanol–water partition coefficient (Wildman–Crippen LogP) is 6.37. The monoisotopic (exact) mass is 594 g/mol. The highest BCUT2D eigenvalue weighted by Crippen LogP contribution is 2.61. The van der Waals surface area contributed by atoms with Gasteiger partial charge in [-0.15, -0.1) is 0 Å². The smallest absolute Gasteiger partial charge is 0.249 e. The molecule has 2 aliphatic heterocycles. The summed E-state index contributed by atoms with van der Waals surface area (Å²) in [7, 11) is 0. The van der Waals surface area contributed by atoms with E-state index in [0.717, 1.165) is 20.9 Å². The van der Waals surface area contributed by atoms with Crippen molar-refractivity contribution in [3.05, 3.63) is 129 Å². The van der Waals surface area contributed by atoms with Gasteiger partial charge in [0.25, 0.3) is 0 Å². The Morgan fingerprint density at radius 1 is 0.619 bits per heavy atom. The van der Waals surface area contributed by atoms with E-state index in [1.807, 2.05) is 38.1 Å². The molecule has 0 bridgehead atoms. The molecular weight excluding hydrogens is 571 g/mol. The first-order chi connectivity index (χ1) is 20.1. The van der Waals surface area contributed by atoms with Crippen molar-refractivity contribution in [1.29, 1.82) is 0 Å².